The molecule has 3 N–H and O–H groups in total. The minimum atomic E-state index is -0.109. The second-order valence-electron chi connectivity index (χ2n) is 7.40. The lowest BCUT2D eigenvalue weighted by Crippen LogP contribution is -2.24. The van der Waals surface area contributed by atoms with Crippen molar-refractivity contribution < 1.29 is 9.90 Å². The highest BCUT2D eigenvalue weighted by atomic mass is 16.3. The number of rotatable bonds is 8. The Bertz CT molecular complexity index is 1140. The van der Waals surface area contributed by atoms with E-state index in [1.54, 1.807) is 10.7 Å². The van der Waals surface area contributed by atoms with Gasteiger partial charge in [0.15, 0.2) is 0 Å². The van der Waals surface area contributed by atoms with Crippen LogP contribution in [-0.2, 0) is 13.5 Å². The molecule has 0 atom stereocenters. The molecule has 2 heterocycles. The quantitative estimate of drug-likeness (QED) is 0.394. The molecule has 0 aliphatic carbocycles. The lowest BCUT2D eigenvalue weighted by atomic mass is 10.0. The fourth-order valence-electron chi connectivity index (χ4n) is 3.47. The van der Waals surface area contributed by atoms with Crippen LogP contribution in [0, 0.1) is 0 Å². The summed E-state index contributed by atoms with van der Waals surface area (Å²) >= 11 is 0. The first-order chi connectivity index (χ1) is 14.6. The molecule has 0 spiro atoms. The second kappa shape index (κ2) is 8.92. The molecular weight excluding hydrogens is 378 g/mol. The molecule has 2 aromatic heterocycles. The topological polar surface area (TPSA) is 95.8 Å². The van der Waals surface area contributed by atoms with Gasteiger partial charge in [-0.2, -0.15) is 10.2 Å². The monoisotopic (exact) mass is 403 g/mol. The van der Waals surface area contributed by atoms with Crippen molar-refractivity contribution in [2.24, 2.45) is 7.05 Å². The molecule has 2 aromatic carbocycles. The summed E-state index contributed by atoms with van der Waals surface area (Å²) in [6.07, 6.45) is 5.99. The number of aromatic nitrogens is 4. The van der Waals surface area contributed by atoms with Crippen LogP contribution in [0.15, 0.2) is 54.9 Å². The van der Waals surface area contributed by atoms with E-state index in [1.165, 1.54) is 0 Å². The molecule has 0 aliphatic rings. The summed E-state index contributed by atoms with van der Waals surface area (Å²) in [4.78, 5) is 12.4. The normalized spacial score (nSPS) is 11.1. The maximum absolute atomic E-state index is 12.4. The van der Waals surface area contributed by atoms with Crippen LogP contribution < -0.4 is 5.32 Å². The number of H-pyrrole nitrogens is 1. The average Bonchev–Trinajstić information content (AvgIpc) is 3.37. The smallest absolute Gasteiger partial charge is 0.251 e. The molecule has 0 unspecified atom stereocenters. The van der Waals surface area contributed by atoms with Crippen LogP contribution in [0.2, 0.25) is 0 Å². The van der Waals surface area contributed by atoms with Crippen molar-refractivity contribution in [2.45, 2.75) is 19.3 Å². The highest BCUT2D eigenvalue weighted by Gasteiger charge is 2.11. The van der Waals surface area contributed by atoms with Crippen LogP contribution in [0.25, 0.3) is 22.0 Å². The number of fused-ring (bicyclic) bond motifs is 1. The number of aryl methyl sites for hydroxylation is 1. The number of benzene rings is 2. The van der Waals surface area contributed by atoms with Crippen molar-refractivity contribution in [3.05, 3.63) is 71.7 Å². The van der Waals surface area contributed by atoms with E-state index in [2.05, 4.69) is 44.9 Å². The van der Waals surface area contributed by atoms with Crippen LogP contribution in [0.3, 0.4) is 0 Å². The molecule has 0 aliphatic heterocycles. The Morgan fingerprint density at radius 2 is 1.97 bits per heavy atom. The number of hydrogen-bond acceptors (Lipinski definition) is 4. The molecule has 0 fully saturated rings. The van der Waals surface area contributed by atoms with Crippen molar-refractivity contribution in [1.29, 1.82) is 0 Å². The highest BCUT2D eigenvalue weighted by molar-refractivity contribution is 5.98. The Balaban J connectivity index is 1.49. The van der Waals surface area contributed by atoms with Crippen LogP contribution in [0.5, 0.6) is 0 Å². The minimum Gasteiger partial charge on any atom is -0.396 e. The molecule has 0 radical (unpaired) electrons. The molecule has 1 amide bonds. The van der Waals surface area contributed by atoms with Gasteiger partial charge in [-0.05, 0) is 42.2 Å². The van der Waals surface area contributed by atoms with E-state index in [4.69, 9.17) is 5.11 Å². The Labute approximate surface area is 174 Å². The van der Waals surface area contributed by atoms with Crippen LogP contribution in [0.1, 0.15) is 34.5 Å². The molecule has 7 heteroatoms. The number of aliphatic hydroxyl groups is 1. The van der Waals surface area contributed by atoms with Gasteiger partial charge in [0.1, 0.15) is 0 Å². The first-order valence-electron chi connectivity index (χ1n) is 10.1. The number of carbonyl (C=O) groups is 1. The van der Waals surface area contributed by atoms with Gasteiger partial charge in [0.2, 0.25) is 0 Å². The van der Waals surface area contributed by atoms with Gasteiger partial charge in [0.05, 0.1) is 11.7 Å². The minimum absolute atomic E-state index is 0.109. The first-order valence-corrected chi connectivity index (χ1v) is 10.1. The molecule has 4 aromatic rings. The number of unbranched alkanes of at least 4 members (excludes halogenated alkanes) is 1. The van der Waals surface area contributed by atoms with Crippen molar-refractivity contribution >= 4 is 16.8 Å². The second-order valence-corrected chi connectivity index (χ2v) is 7.40. The van der Waals surface area contributed by atoms with Crippen molar-refractivity contribution in [1.82, 2.24) is 25.3 Å². The zero-order valence-electron chi connectivity index (χ0n) is 16.9. The largest absolute Gasteiger partial charge is 0.396 e. The third kappa shape index (κ3) is 4.41. The predicted molar refractivity (Wildman–Crippen MR) is 116 cm³/mol. The van der Waals surface area contributed by atoms with E-state index in [9.17, 15) is 4.79 Å². The first kappa shape index (κ1) is 19.8. The number of hydrogen-bond donors (Lipinski definition) is 3. The molecule has 0 saturated carbocycles. The summed E-state index contributed by atoms with van der Waals surface area (Å²) in [5.41, 5.74) is 5.81. The molecule has 7 nitrogen and oxygen atoms in total. The van der Waals surface area contributed by atoms with Gasteiger partial charge in [0, 0.05) is 55.0 Å². The van der Waals surface area contributed by atoms with E-state index in [1.807, 2.05) is 31.6 Å². The molecule has 0 saturated heterocycles. The predicted octanol–water partition coefficient (Wildman–Crippen LogP) is 3.06. The zero-order valence-corrected chi connectivity index (χ0v) is 16.9. The van der Waals surface area contributed by atoms with Gasteiger partial charge in [0.25, 0.3) is 5.91 Å². The van der Waals surface area contributed by atoms with Gasteiger partial charge < -0.3 is 10.4 Å². The van der Waals surface area contributed by atoms with Gasteiger partial charge >= 0.3 is 0 Å². The van der Waals surface area contributed by atoms with Crippen molar-refractivity contribution in [3.8, 4) is 11.1 Å². The van der Waals surface area contributed by atoms with Crippen LogP contribution in [0.4, 0.5) is 0 Å². The Morgan fingerprint density at radius 3 is 2.70 bits per heavy atom. The maximum atomic E-state index is 12.4. The molecule has 0 bridgehead atoms. The molecule has 4 rings (SSSR count). The van der Waals surface area contributed by atoms with Crippen molar-refractivity contribution in [2.75, 3.05) is 13.2 Å². The fourth-order valence-corrected chi connectivity index (χ4v) is 3.47. The summed E-state index contributed by atoms with van der Waals surface area (Å²) in [6.45, 7) is 0.697. The maximum Gasteiger partial charge on any atom is 0.251 e. The highest BCUT2D eigenvalue weighted by Crippen LogP contribution is 2.23. The van der Waals surface area contributed by atoms with Gasteiger partial charge in [-0.15, -0.1) is 0 Å². The number of aliphatic hydroxyl groups excluding tert-OH is 1. The summed E-state index contributed by atoms with van der Waals surface area (Å²) in [7, 11) is 1.91. The van der Waals surface area contributed by atoms with Crippen LogP contribution in [-0.4, -0.2) is 44.1 Å². The van der Waals surface area contributed by atoms with Gasteiger partial charge in [-0.1, -0.05) is 24.3 Å². The number of nitrogens with one attached hydrogen (secondary N) is 2. The Hall–Kier alpha value is -3.45. The summed E-state index contributed by atoms with van der Waals surface area (Å²) < 4.78 is 1.79. The molecular formula is C23H25N5O2. The number of aromatic amines is 1. The number of nitrogens with zero attached hydrogens (tertiary/aromatic N) is 3. The van der Waals surface area contributed by atoms with Crippen molar-refractivity contribution in [3.63, 3.8) is 0 Å². The average molecular weight is 403 g/mol. The van der Waals surface area contributed by atoms with E-state index in [-0.39, 0.29) is 12.5 Å². The summed E-state index contributed by atoms with van der Waals surface area (Å²) in [5.74, 6) is -0.109. The number of carbonyl (C=O) groups excluding carboxylic acids is 1. The molecule has 154 valence electrons. The van der Waals surface area contributed by atoms with E-state index in [0.29, 0.717) is 24.9 Å². The third-order valence-corrected chi connectivity index (χ3v) is 5.14. The fraction of sp³-hybridized carbons (Fsp3) is 0.261. The Kier molecular flexibility index (Phi) is 5.90. The summed E-state index contributed by atoms with van der Waals surface area (Å²) in [5, 5.41) is 24.4. The zero-order chi connectivity index (χ0) is 20.9. The van der Waals surface area contributed by atoms with E-state index >= 15 is 0 Å². The summed E-state index contributed by atoms with van der Waals surface area (Å²) in [6, 6.07) is 13.9. The van der Waals surface area contributed by atoms with Gasteiger partial charge in [-0.25, -0.2) is 0 Å². The van der Waals surface area contributed by atoms with Crippen LogP contribution >= 0.6 is 0 Å². The third-order valence-electron chi connectivity index (χ3n) is 5.14. The lowest BCUT2D eigenvalue weighted by Gasteiger charge is -2.06. The SMILES string of the molecule is Cn1cc(-c2ccc(Cc3[nH]nc4ccc(C(=O)NCCCCO)cc34)cc2)cn1. The lowest BCUT2D eigenvalue weighted by molar-refractivity contribution is 0.0952. The van der Waals surface area contributed by atoms with Gasteiger partial charge in [-0.3, -0.25) is 14.6 Å². The van der Waals surface area contributed by atoms with E-state index < -0.39 is 0 Å². The number of amides is 1. The Morgan fingerprint density at radius 1 is 1.13 bits per heavy atom. The molecule has 30 heavy (non-hydrogen) atoms. The standard InChI is InChI=1S/C23H25N5O2/c1-28-15-19(14-25-28)17-6-4-16(5-7-17)12-22-20-13-18(8-9-21(20)26-27-22)23(30)24-10-2-3-11-29/h4-9,13-15,29H,2-3,10-12H2,1H3,(H,24,30)(H,26,27). The van der Waals surface area contributed by atoms with E-state index in [0.717, 1.165) is 39.7 Å².